The van der Waals surface area contributed by atoms with Crippen LogP contribution in [0.4, 0.5) is 4.39 Å². The summed E-state index contributed by atoms with van der Waals surface area (Å²) in [4.78, 5) is 20.3. The Labute approximate surface area is 153 Å². The number of aromatic amines is 1. The van der Waals surface area contributed by atoms with Gasteiger partial charge in [0.05, 0.1) is 12.3 Å². The Hall–Kier alpha value is -2.21. The molecule has 0 amide bonds. The molecule has 1 saturated heterocycles. The number of halogens is 1. The van der Waals surface area contributed by atoms with Crippen LogP contribution >= 0.6 is 0 Å². The number of hydrogen-bond acceptors (Lipinski definition) is 4. The third kappa shape index (κ3) is 4.91. The fourth-order valence-corrected chi connectivity index (χ4v) is 3.40. The summed E-state index contributed by atoms with van der Waals surface area (Å²) in [6.07, 6.45) is 4.50. The van der Waals surface area contributed by atoms with E-state index >= 15 is 0 Å². The van der Waals surface area contributed by atoms with Crippen molar-refractivity contribution in [2.75, 3.05) is 19.7 Å². The van der Waals surface area contributed by atoms with Crippen LogP contribution in [0.3, 0.4) is 0 Å². The fourth-order valence-electron chi connectivity index (χ4n) is 3.40. The van der Waals surface area contributed by atoms with Gasteiger partial charge in [-0.2, -0.15) is 0 Å². The van der Waals surface area contributed by atoms with Crippen LogP contribution in [-0.4, -0.2) is 34.6 Å². The van der Waals surface area contributed by atoms with Crippen LogP contribution in [0, 0.1) is 19.7 Å². The van der Waals surface area contributed by atoms with Crippen LogP contribution < -0.4 is 10.2 Å². The number of aryl methyl sites for hydroxylation is 2. The summed E-state index contributed by atoms with van der Waals surface area (Å²) in [6.45, 7) is 7.10. The van der Waals surface area contributed by atoms with Gasteiger partial charge in [0.2, 0.25) is 5.88 Å². The van der Waals surface area contributed by atoms with Gasteiger partial charge in [0.15, 0.2) is 5.43 Å². The lowest BCUT2D eigenvalue weighted by Gasteiger charge is -2.26. The zero-order valence-electron chi connectivity index (χ0n) is 15.5. The first-order chi connectivity index (χ1) is 12.5. The standard InChI is InChI=1S/C13H17FN2O.C7H9NO/c14-11-8-10-4-7-17-13(10)15-12(11)9-16-5-2-1-3-6-16;1-5-3-7(9)4-6(2)8-5/h8H,1-7,9H2;3-4H,1-2H3,(H,8,9). The van der Waals surface area contributed by atoms with E-state index in [1.807, 2.05) is 13.8 Å². The van der Waals surface area contributed by atoms with Gasteiger partial charge in [-0.05, 0) is 45.8 Å². The van der Waals surface area contributed by atoms with Gasteiger partial charge in [-0.25, -0.2) is 9.37 Å². The molecule has 4 heterocycles. The number of nitrogens with zero attached hydrogens (tertiary/aromatic N) is 2. The van der Waals surface area contributed by atoms with Gasteiger partial charge in [0.1, 0.15) is 5.82 Å². The SMILES string of the molecule is Cc1cc(=O)cc(C)[nH]1.Fc1cc2c(nc1CN1CCCCC1)OCC2. The number of hydrogen-bond donors (Lipinski definition) is 1. The first kappa shape index (κ1) is 18.6. The van der Waals surface area contributed by atoms with Crippen LogP contribution in [0.2, 0.25) is 0 Å². The number of piperidine rings is 1. The van der Waals surface area contributed by atoms with Crippen molar-refractivity contribution in [2.45, 2.75) is 46.1 Å². The second-order valence-corrected chi connectivity index (χ2v) is 7.00. The molecule has 1 fully saturated rings. The zero-order valence-corrected chi connectivity index (χ0v) is 15.5. The summed E-state index contributed by atoms with van der Waals surface area (Å²) in [5, 5.41) is 0. The number of likely N-dealkylation sites (tertiary alicyclic amines) is 1. The topological polar surface area (TPSA) is 58.2 Å². The minimum absolute atomic E-state index is 0.0729. The average Bonchev–Trinajstić information content (AvgIpc) is 3.02. The van der Waals surface area contributed by atoms with Gasteiger partial charge in [-0.3, -0.25) is 9.69 Å². The van der Waals surface area contributed by atoms with E-state index in [1.165, 1.54) is 19.3 Å². The maximum Gasteiger partial charge on any atom is 0.217 e. The number of H-pyrrole nitrogens is 1. The molecule has 0 bridgehead atoms. The number of aromatic nitrogens is 2. The van der Waals surface area contributed by atoms with Crippen molar-refractivity contribution in [3.8, 4) is 5.88 Å². The smallest absolute Gasteiger partial charge is 0.217 e. The summed E-state index contributed by atoms with van der Waals surface area (Å²) >= 11 is 0. The third-order valence-electron chi connectivity index (χ3n) is 4.63. The van der Waals surface area contributed by atoms with Gasteiger partial charge in [0, 0.05) is 42.0 Å². The number of ether oxygens (including phenoxy) is 1. The predicted octanol–water partition coefficient (Wildman–Crippen LogP) is 3.13. The highest BCUT2D eigenvalue weighted by Crippen LogP contribution is 2.25. The van der Waals surface area contributed by atoms with E-state index in [4.69, 9.17) is 4.74 Å². The number of nitrogens with one attached hydrogen (secondary N) is 1. The predicted molar refractivity (Wildman–Crippen MR) is 99.1 cm³/mol. The number of pyridine rings is 2. The molecular weight excluding hydrogens is 333 g/mol. The van der Waals surface area contributed by atoms with Crippen LogP contribution in [0.25, 0.3) is 0 Å². The van der Waals surface area contributed by atoms with E-state index in [-0.39, 0.29) is 11.2 Å². The first-order valence-electron chi connectivity index (χ1n) is 9.22. The molecule has 4 rings (SSSR count). The van der Waals surface area contributed by atoms with Crippen LogP contribution in [0.1, 0.15) is 41.9 Å². The highest BCUT2D eigenvalue weighted by molar-refractivity contribution is 5.32. The molecule has 26 heavy (non-hydrogen) atoms. The lowest BCUT2D eigenvalue weighted by Crippen LogP contribution is -2.29. The summed E-state index contributed by atoms with van der Waals surface area (Å²) in [5.74, 6) is 0.457. The average molecular weight is 359 g/mol. The third-order valence-corrected chi connectivity index (χ3v) is 4.63. The fraction of sp³-hybridized carbons (Fsp3) is 0.500. The van der Waals surface area contributed by atoms with Gasteiger partial charge in [-0.1, -0.05) is 6.42 Å². The minimum atomic E-state index is -0.181. The Morgan fingerprint density at radius 3 is 2.50 bits per heavy atom. The monoisotopic (exact) mass is 359 g/mol. The lowest BCUT2D eigenvalue weighted by molar-refractivity contribution is 0.214. The second-order valence-electron chi connectivity index (χ2n) is 7.00. The molecule has 140 valence electrons. The van der Waals surface area contributed by atoms with Gasteiger partial charge >= 0.3 is 0 Å². The summed E-state index contributed by atoms with van der Waals surface area (Å²) in [5.41, 5.74) is 3.35. The van der Waals surface area contributed by atoms with Crippen LogP contribution in [-0.2, 0) is 13.0 Å². The largest absolute Gasteiger partial charge is 0.477 e. The summed E-state index contributed by atoms with van der Waals surface area (Å²) < 4.78 is 19.2. The van der Waals surface area contributed by atoms with Crippen molar-refractivity contribution in [1.29, 1.82) is 0 Å². The molecule has 2 aromatic rings. The van der Waals surface area contributed by atoms with Crippen LogP contribution in [0.5, 0.6) is 5.88 Å². The normalized spacial score (nSPS) is 16.4. The molecule has 2 aromatic heterocycles. The Morgan fingerprint density at radius 1 is 1.15 bits per heavy atom. The van der Waals surface area contributed by atoms with E-state index < -0.39 is 0 Å². The molecule has 2 aliphatic heterocycles. The molecular formula is C20H26FN3O2. The molecule has 0 saturated carbocycles. The Morgan fingerprint density at radius 2 is 1.85 bits per heavy atom. The molecule has 6 heteroatoms. The molecule has 1 N–H and O–H groups in total. The summed E-state index contributed by atoms with van der Waals surface area (Å²) in [7, 11) is 0. The maximum absolute atomic E-state index is 13.9. The quantitative estimate of drug-likeness (QED) is 0.895. The first-order valence-corrected chi connectivity index (χ1v) is 9.22. The molecule has 2 aliphatic rings. The molecule has 0 radical (unpaired) electrons. The van der Waals surface area contributed by atoms with E-state index in [0.717, 1.165) is 36.5 Å². The van der Waals surface area contributed by atoms with Crippen molar-refractivity contribution in [3.05, 3.63) is 56.9 Å². The molecule has 5 nitrogen and oxygen atoms in total. The van der Waals surface area contributed by atoms with E-state index in [0.29, 0.717) is 24.7 Å². The number of fused-ring (bicyclic) bond motifs is 1. The lowest BCUT2D eigenvalue weighted by atomic mass is 10.1. The molecule has 0 aliphatic carbocycles. The zero-order chi connectivity index (χ0) is 18.5. The second kappa shape index (κ2) is 8.45. The van der Waals surface area contributed by atoms with Crippen LogP contribution in [0.15, 0.2) is 23.0 Å². The highest BCUT2D eigenvalue weighted by atomic mass is 19.1. The van der Waals surface area contributed by atoms with E-state index in [9.17, 15) is 9.18 Å². The Balaban J connectivity index is 0.000000185. The van der Waals surface area contributed by atoms with Crippen molar-refractivity contribution in [3.63, 3.8) is 0 Å². The highest BCUT2D eigenvalue weighted by Gasteiger charge is 2.20. The molecule has 0 unspecified atom stereocenters. The van der Waals surface area contributed by atoms with Crippen molar-refractivity contribution in [1.82, 2.24) is 14.9 Å². The molecule has 0 aromatic carbocycles. The Bertz CT molecular complexity index is 790. The van der Waals surface area contributed by atoms with E-state index in [1.54, 1.807) is 18.2 Å². The maximum atomic E-state index is 13.9. The van der Waals surface area contributed by atoms with Crippen molar-refractivity contribution >= 4 is 0 Å². The Kier molecular flexibility index (Phi) is 6.04. The van der Waals surface area contributed by atoms with Gasteiger partial charge in [-0.15, -0.1) is 0 Å². The minimum Gasteiger partial charge on any atom is -0.477 e. The number of rotatable bonds is 2. The van der Waals surface area contributed by atoms with Gasteiger partial charge < -0.3 is 9.72 Å². The molecule has 0 atom stereocenters. The van der Waals surface area contributed by atoms with Gasteiger partial charge in [0.25, 0.3) is 0 Å². The van der Waals surface area contributed by atoms with E-state index in [2.05, 4.69) is 14.9 Å². The van der Waals surface area contributed by atoms with Crippen molar-refractivity contribution < 1.29 is 9.13 Å². The van der Waals surface area contributed by atoms with Crippen molar-refractivity contribution in [2.24, 2.45) is 0 Å². The molecule has 0 spiro atoms. The summed E-state index contributed by atoms with van der Waals surface area (Å²) in [6, 6.07) is 4.74.